The summed E-state index contributed by atoms with van der Waals surface area (Å²) in [5, 5.41) is 2.49. The van der Waals surface area contributed by atoms with Gasteiger partial charge in [0.2, 0.25) is 0 Å². The van der Waals surface area contributed by atoms with E-state index >= 15 is 0 Å². The number of primary amides is 1. The zero-order chi connectivity index (χ0) is 14.7. The van der Waals surface area contributed by atoms with E-state index in [-0.39, 0.29) is 12.3 Å². The third-order valence-electron chi connectivity index (χ3n) is 3.17. The summed E-state index contributed by atoms with van der Waals surface area (Å²) in [6, 6.07) is 1.29. The molecule has 0 unspecified atom stereocenters. The molecule has 1 atom stereocenters. The van der Waals surface area contributed by atoms with E-state index in [4.69, 9.17) is 10.2 Å². The molecular weight excluding hydrogens is 272 g/mol. The maximum absolute atomic E-state index is 12.7. The molecule has 110 valence electrons. The number of likely N-dealkylation sites (tertiary alicyclic amines) is 1. The Labute approximate surface area is 113 Å². The van der Waals surface area contributed by atoms with Crippen LogP contribution in [0.2, 0.25) is 0 Å². The van der Waals surface area contributed by atoms with E-state index < -0.39 is 24.4 Å². The van der Waals surface area contributed by atoms with Gasteiger partial charge in [0.25, 0.3) is 12.3 Å². The first-order valence-electron chi connectivity index (χ1n) is 6.20. The number of alkyl halides is 2. The number of nitrogens with zero attached hydrogens (tertiary/aromatic N) is 1. The Morgan fingerprint density at radius 2 is 2.25 bits per heavy atom. The Hall–Kier alpha value is -2.12. The maximum Gasteiger partial charge on any atom is 0.318 e. The monoisotopic (exact) mass is 287 g/mol. The second kappa shape index (κ2) is 5.89. The molecule has 1 aromatic rings. The number of halogens is 2. The third kappa shape index (κ3) is 3.06. The highest BCUT2D eigenvalue weighted by atomic mass is 19.3. The molecule has 0 aliphatic carbocycles. The van der Waals surface area contributed by atoms with Crippen LogP contribution in [0.3, 0.4) is 0 Å². The van der Waals surface area contributed by atoms with Gasteiger partial charge in [-0.2, -0.15) is 0 Å². The third-order valence-corrected chi connectivity index (χ3v) is 3.17. The van der Waals surface area contributed by atoms with E-state index in [2.05, 4.69) is 5.32 Å². The number of furan rings is 1. The fourth-order valence-corrected chi connectivity index (χ4v) is 2.18. The smallest absolute Gasteiger partial charge is 0.318 e. The van der Waals surface area contributed by atoms with Crippen molar-refractivity contribution < 1.29 is 22.8 Å². The molecule has 1 aliphatic rings. The number of carbonyl (C=O) groups excluding carboxylic acids is 2. The van der Waals surface area contributed by atoms with Crippen LogP contribution in [0.4, 0.5) is 13.6 Å². The quantitative estimate of drug-likeness (QED) is 0.875. The van der Waals surface area contributed by atoms with Gasteiger partial charge in [-0.1, -0.05) is 0 Å². The SMILES string of the molecule is NC(=O)c1ccc(CNC(=O)N2CCC[C@H]2C(F)F)o1. The number of nitrogens with one attached hydrogen (secondary N) is 1. The van der Waals surface area contributed by atoms with E-state index in [1.807, 2.05) is 0 Å². The minimum atomic E-state index is -2.55. The molecule has 2 heterocycles. The molecule has 3 amide bonds. The van der Waals surface area contributed by atoms with Gasteiger partial charge < -0.3 is 20.4 Å². The van der Waals surface area contributed by atoms with Crippen LogP contribution in [0.1, 0.15) is 29.2 Å². The van der Waals surface area contributed by atoms with Crippen LogP contribution in [0, 0.1) is 0 Å². The number of nitrogens with two attached hydrogens (primary N) is 1. The van der Waals surface area contributed by atoms with Gasteiger partial charge >= 0.3 is 6.03 Å². The van der Waals surface area contributed by atoms with Gasteiger partial charge in [-0.05, 0) is 25.0 Å². The topological polar surface area (TPSA) is 88.6 Å². The van der Waals surface area contributed by atoms with Crippen LogP contribution >= 0.6 is 0 Å². The lowest BCUT2D eigenvalue weighted by molar-refractivity contribution is 0.0605. The highest BCUT2D eigenvalue weighted by Gasteiger charge is 2.35. The number of amides is 3. The lowest BCUT2D eigenvalue weighted by atomic mass is 10.2. The Balaban J connectivity index is 1.89. The van der Waals surface area contributed by atoms with Crippen molar-refractivity contribution in [2.75, 3.05) is 6.54 Å². The van der Waals surface area contributed by atoms with Crippen LogP contribution in [0.5, 0.6) is 0 Å². The number of rotatable bonds is 4. The number of carbonyl (C=O) groups is 2. The first kappa shape index (κ1) is 14.3. The molecule has 1 saturated heterocycles. The Bertz CT molecular complexity index is 504. The Morgan fingerprint density at radius 1 is 1.50 bits per heavy atom. The summed E-state index contributed by atoms with van der Waals surface area (Å²) in [4.78, 5) is 23.8. The predicted molar refractivity (Wildman–Crippen MR) is 65.2 cm³/mol. The molecular formula is C12H15F2N3O3. The molecule has 20 heavy (non-hydrogen) atoms. The second-order valence-corrected chi connectivity index (χ2v) is 4.53. The summed E-state index contributed by atoms with van der Waals surface area (Å²) in [5.41, 5.74) is 5.02. The summed E-state index contributed by atoms with van der Waals surface area (Å²) in [6.07, 6.45) is -1.68. The fourth-order valence-electron chi connectivity index (χ4n) is 2.18. The lowest BCUT2D eigenvalue weighted by Gasteiger charge is -2.23. The number of hydrogen-bond acceptors (Lipinski definition) is 3. The van der Waals surface area contributed by atoms with Crippen LogP contribution < -0.4 is 11.1 Å². The van der Waals surface area contributed by atoms with Crippen LogP contribution in [0.15, 0.2) is 16.5 Å². The highest BCUT2D eigenvalue weighted by Crippen LogP contribution is 2.22. The number of hydrogen-bond donors (Lipinski definition) is 2. The van der Waals surface area contributed by atoms with E-state index in [1.165, 1.54) is 12.1 Å². The predicted octanol–water partition coefficient (Wildman–Crippen LogP) is 1.32. The minimum Gasteiger partial charge on any atom is -0.454 e. The minimum absolute atomic E-state index is 0.0125. The van der Waals surface area contributed by atoms with Crippen LogP contribution in [-0.2, 0) is 6.54 Å². The lowest BCUT2D eigenvalue weighted by Crippen LogP contribution is -2.45. The van der Waals surface area contributed by atoms with E-state index in [9.17, 15) is 18.4 Å². The van der Waals surface area contributed by atoms with Gasteiger partial charge in [0, 0.05) is 6.54 Å². The molecule has 0 bridgehead atoms. The normalized spacial score (nSPS) is 18.6. The Kier molecular flexibility index (Phi) is 4.21. The molecule has 3 N–H and O–H groups in total. The zero-order valence-corrected chi connectivity index (χ0v) is 10.6. The molecule has 0 aromatic carbocycles. The first-order chi connectivity index (χ1) is 9.49. The van der Waals surface area contributed by atoms with Crippen molar-refractivity contribution >= 4 is 11.9 Å². The summed E-state index contributed by atoms with van der Waals surface area (Å²) >= 11 is 0. The average molecular weight is 287 g/mol. The highest BCUT2D eigenvalue weighted by molar-refractivity contribution is 5.89. The van der Waals surface area contributed by atoms with Crippen molar-refractivity contribution in [3.63, 3.8) is 0 Å². The summed E-state index contributed by atoms with van der Waals surface area (Å²) < 4.78 is 30.5. The Morgan fingerprint density at radius 3 is 2.85 bits per heavy atom. The molecule has 6 nitrogen and oxygen atoms in total. The van der Waals surface area contributed by atoms with Crippen molar-refractivity contribution in [3.05, 3.63) is 23.7 Å². The van der Waals surface area contributed by atoms with E-state index in [0.29, 0.717) is 25.1 Å². The van der Waals surface area contributed by atoms with Gasteiger partial charge in [0.15, 0.2) is 5.76 Å². The van der Waals surface area contributed by atoms with Crippen molar-refractivity contribution in [3.8, 4) is 0 Å². The molecule has 1 aliphatic heterocycles. The second-order valence-electron chi connectivity index (χ2n) is 4.53. The van der Waals surface area contributed by atoms with Crippen molar-refractivity contribution in [1.82, 2.24) is 10.2 Å². The summed E-state index contributed by atoms with van der Waals surface area (Å²) in [7, 11) is 0. The first-order valence-corrected chi connectivity index (χ1v) is 6.20. The summed E-state index contributed by atoms with van der Waals surface area (Å²) in [5.74, 6) is -0.388. The standard InChI is InChI=1S/C12H15F2N3O3/c13-10(14)8-2-1-5-17(8)12(19)16-6-7-3-4-9(20-7)11(15)18/h3-4,8,10H,1-2,5-6H2,(H2,15,18)(H,16,19)/t8-/m0/s1. The van der Waals surface area contributed by atoms with Gasteiger partial charge in [-0.25, -0.2) is 13.6 Å². The van der Waals surface area contributed by atoms with Gasteiger partial charge in [0.05, 0.1) is 12.6 Å². The number of urea groups is 1. The molecule has 0 saturated carbocycles. The summed E-state index contributed by atoms with van der Waals surface area (Å²) in [6.45, 7) is 0.324. The fraction of sp³-hybridized carbons (Fsp3) is 0.500. The molecule has 2 rings (SSSR count). The van der Waals surface area contributed by atoms with Gasteiger partial charge in [-0.15, -0.1) is 0 Å². The van der Waals surface area contributed by atoms with E-state index in [1.54, 1.807) is 0 Å². The van der Waals surface area contributed by atoms with Crippen molar-refractivity contribution in [2.45, 2.75) is 31.9 Å². The molecule has 0 radical (unpaired) electrons. The van der Waals surface area contributed by atoms with E-state index in [0.717, 1.165) is 4.90 Å². The average Bonchev–Trinajstić information content (AvgIpc) is 3.04. The molecule has 0 spiro atoms. The molecule has 1 fully saturated rings. The largest absolute Gasteiger partial charge is 0.454 e. The van der Waals surface area contributed by atoms with Crippen LogP contribution in [0.25, 0.3) is 0 Å². The molecule has 8 heteroatoms. The van der Waals surface area contributed by atoms with Crippen molar-refractivity contribution in [2.24, 2.45) is 5.73 Å². The van der Waals surface area contributed by atoms with Crippen molar-refractivity contribution in [1.29, 1.82) is 0 Å². The maximum atomic E-state index is 12.7. The van der Waals surface area contributed by atoms with Gasteiger partial charge in [0.1, 0.15) is 5.76 Å². The molecule has 1 aromatic heterocycles. The van der Waals surface area contributed by atoms with Gasteiger partial charge in [-0.3, -0.25) is 4.79 Å². The zero-order valence-electron chi connectivity index (χ0n) is 10.6. The van der Waals surface area contributed by atoms with Crippen LogP contribution in [-0.4, -0.2) is 35.9 Å².